The molecule has 51 heavy (non-hydrogen) atoms. The minimum absolute atomic E-state index is 0.0223. The highest BCUT2D eigenvalue weighted by molar-refractivity contribution is 5.85. The summed E-state index contributed by atoms with van der Waals surface area (Å²) in [5, 5.41) is 55.8. The van der Waals surface area contributed by atoms with Crippen LogP contribution in [0.15, 0.2) is 11.6 Å². The first kappa shape index (κ1) is 37.3. The van der Waals surface area contributed by atoms with Crippen LogP contribution in [0.3, 0.4) is 0 Å². The van der Waals surface area contributed by atoms with Crippen molar-refractivity contribution in [1.82, 2.24) is 0 Å². The summed E-state index contributed by atoms with van der Waals surface area (Å²) in [6.45, 7) is 6.89. The summed E-state index contributed by atoms with van der Waals surface area (Å²) < 4.78 is 35.1. The maximum Gasteiger partial charge on any atom is 0.331 e. The van der Waals surface area contributed by atoms with Gasteiger partial charge in [0.2, 0.25) is 0 Å². The molecule has 0 spiro atoms. The Hall–Kier alpha value is -2.01. The highest BCUT2D eigenvalue weighted by atomic mass is 16.7. The molecule has 17 unspecified atom stereocenters. The minimum atomic E-state index is -1.55. The van der Waals surface area contributed by atoms with E-state index in [1.807, 2.05) is 0 Å². The summed E-state index contributed by atoms with van der Waals surface area (Å²) >= 11 is 0. The molecule has 0 aromatic carbocycles. The summed E-state index contributed by atoms with van der Waals surface area (Å²) in [6, 6.07) is 0. The zero-order valence-corrected chi connectivity index (χ0v) is 29.8. The molecule has 0 aromatic heterocycles. The van der Waals surface area contributed by atoms with E-state index in [4.69, 9.17) is 28.4 Å². The van der Waals surface area contributed by atoms with Crippen molar-refractivity contribution in [3.8, 4) is 0 Å². The average Bonchev–Trinajstić information content (AvgIpc) is 3.62. The fraction of sp³-hybridized carbons (Fsp3) is 0.865. The lowest BCUT2D eigenvalue weighted by Gasteiger charge is -2.65. The van der Waals surface area contributed by atoms with Crippen LogP contribution in [0.2, 0.25) is 0 Å². The SMILES string of the molecule is CC(=O)OC1CC(OC2CCC3(C=O)C4CCC5(C)C(C6=CC(=O)OC6)CCC5(O)C4CCC3(O)C2)OC(C)C1OC1OC(C)C(O)C(O)C1O. The maximum absolute atomic E-state index is 13.2. The minimum Gasteiger partial charge on any atom is -0.459 e. The second kappa shape index (κ2) is 13.4. The monoisotopic (exact) mass is 722 g/mol. The van der Waals surface area contributed by atoms with Crippen LogP contribution in [-0.4, -0.2) is 123 Å². The lowest BCUT2D eigenvalue weighted by Crippen LogP contribution is -2.69. The molecule has 14 heteroatoms. The molecule has 2 saturated heterocycles. The number of hydrogen-bond acceptors (Lipinski definition) is 14. The third-order valence-electron chi connectivity index (χ3n) is 14.2. The maximum atomic E-state index is 13.2. The van der Waals surface area contributed by atoms with Crippen molar-refractivity contribution in [1.29, 1.82) is 0 Å². The zero-order valence-electron chi connectivity index (χ0n) is 29.8. The molecule has 0 radical (unpaired) electrons. The smallest absolute Gasteiger partial charge is 0.331 e. The molecular formula is C37H54O14. The van der Waals surface area contributed by atoms with Gasteiger partial charge >= 0.3 is 11.9 Å². The Morgan fingerprint density at radius 3 is 2.35 bits per heavy atom. The van der Waals surface area contributed by atoms with Crippen molar-refractivity contribution in [2.45, 2.75) is 165 Å². The van der Waals surface area contributed by atoms with Gasteiger partial charge in [0.1, 0.15) is 43.4 Å². The molecule has 14 nitrogen and oxygen atoms in total. The third kappa shape index (κ3) is 5.92. The molecule has 0 amide bonds. The van der Waals surface area contributed by atoms with Gasteiger partial charge in [-0.15, -0.1) is 0 Å². The molecule has 7 aliphatic rings. The van der Waals surface area contributed by atoms with Gasteiger partial charge in [0.15, 0.2) is 12.6 Å². The van der Waals surface area contributed by atoms with Crippen LogP contribution < -0.4 is 0 Å². The number of rotatable bonds is 7. The number of cyclic esters (lactones) is 1. The molecule has 17 atom stereocenters. The van der Waals surface area contributed by atoms with E-state index in [0.717, 1.165) is 18.3 Å². The Morgan fingerprint density at radius 1 is 0.922 bits per heavy atom. The van der Waals surface area contributed by atoms with Gasteiger partial charge in [0, 0.05) is 31.3 Å². The van der Waals surface area contributed by atoms with Crippen molar-refractivity contribution >= 4 is 18.2 Å². The van der Waals surface area contributed by atoms with Crippen molar-refractivity contribution in [3.63, 3.8) is 0 Å². The number of ether oxygens (including phenoxy) is 6. The molecule has 3 aliphatic heterocycles. The first-order chi connectivity index (χ1) is 24.1. The lowest BCUT2D eigenvalue weighted by atomic mass is 9.41. The fourth-order valence-corrected chi connectivity index (χ4v) is 11.5. The molecule has 5 N–H and O–H groups in total. The van der Waals surface area contributed by atoms with Crippen LogP contribution in [0, 0.1) is 28.6 Å². The van der Waals surface area contributed by atoms with Gasteiger partial charge in [0.05, 0.1) is 34.9 Å². The average molecular weight is 723 g/mol. The topological polar surface area (TPSA) is 208 Å². The van der Waals surface area contributed by atoms with E-state index >= 15 is 0 Å². The van der Waals surface area contributed by atoms with Crippen molar-refractivity contribution in [3.05, 3.63) is 11.6 Å². The second-order valence-electron chi connectivity index (χ2n) is 16.7. The largest absolute Gasteiger partial charge is 0.459 e. The highest BCUT2D eigenvalue weighted by Gasteiger charge is 2.71. The van der Waals surface area contributed by atoms with E-state index in [0.29, 0.717) is 44.9 Å². The molecule has 3 heterocycles. The summed E-state index contributed by atoms with van der Waals surface area (Å²) in [5.74, 6) is -1.26. The molecule has 6 fully saturated rings. The number of aliphatic hydroxyl groups is 5. The van der Waals surface area contributed by atoms with Gasteiger partial charge in [-0.2, -0.15) is 0 Å². The molecule has 4 saturated carbocycles. The predicted molar refractivity (Wildman–Crippen MR) is 174 cm³/mol. The first-order valence-electron chi connectivity index (χ1n) is 18.7. The zero-order chi connectivity index (χ0) is 36.7. The van der Waals surface area contributed by atoms with Crippen LogP contribution in [-0.2, 0) is 42.8 Å². The lowest BCUT2D eigenvalue weighted by molar-refractivity contribution is -0.342. The molecular weight excluding hydrogens is 668 g/mol. The van der Waals surface area contributed by atoms with Crippen LogP contribution in [0.1, 0.15) is 91.9 Å². The number of hydrogen-bond donors (Lipinski definition) is 5. The van der Waals surface area contributed by atoms with E-state index in [1.165, 1.54) is 6.92 Å². The van der Waals surface area contributed by atoms with E-state index in [2.05, 4.69) is 6.92 Å². The number of aliphatic hydroxyl groups excluding tert-OH is 3. The van der Waals surface area contributed by atoms with E-state index in [9.17, 15) is 39.9 Å². The van der Waals surface area contributed by atoms with E-state index in [1.54, 1.807) is 19.9 Å². The second-order valence-corrected chi connectivity index (χ2v) is 16.7. The summed E-state index contributed by atoms with van der Waals surface area (Å²) in [7, 11) is 0. The number of esters is 2. The Balaban J connectivity index is 1.03. The Kier molecular flexibility index (Phi) is 9.79. The Morgan fingerprint density at radius 2 is 1.67 bits per heavy atom. The van der Waals surface area contributed by atoms with Gasteiger partial charge in [-0.3, -0.25) is 4.79 Å². The van der Waals surface area contributed by atoms with Gasteiger partial charge in [-0.25, -0.2) is 4.79 Å². The molecule has 4 aliphatic carbocycles. The first-order valence-corrected chi connectivity index (χ1v) is 18.7. The van der Waals surface area contributed by atoms with Crippen LogP contribution >= 0.6 is 0 Å². The number of aldehydes is 1. The fourth-order valence-electron chi connectivity index (χ4n) is 11.5. The number of carbonyl (C=O) groups is 3. The standard InChI is InChI=1S/C37H54O14/c1-18-29(41)30(42)31(43)33(48-18)51-32-19(2)47-28(14-26(32)49-20(3)39)50-22-5-10-35(17-38)24-6-9-34(4)23(21-13-27(40)46-16-21)8-12-37(34,45)25(24)7-11-36(35,44)15-22/h13,17-19,22-26,28-33,41-45H,5-12,14-16H2,1-4H3. The number of fused-ring (bicyclic) bond motifs is 5. The van der Waals surface area contributed by atoms with Crippen LogP contribution in [0.4, 0.5) is 0 Å². The Bertz CT molecular complexity index is 1400. The van der Waals surface area contributed by atoms with Crippen LogP contribution in [0.25, 0.3) is 0 Å². The van der Waals surface area contributed by atoms with Gasteiger partial charge in [0.25, 0.3) is 0 Å². The van der Waals surface area contributed by atoms with Gasteiger partial charge in [-0.05, 0) is 88.5 Å². The molecule has 286 valence electrons. The van der Waals surface area contributed by atoms with Gasteiger partial charge < -0.3 is 58.7 Å². The normalized spacial score (nSPS) is 52.5. The number of carbonyl (C=O) groups excluding carboxylic acids is 3. The molecule has 7 rings (SSSR count). The summed E-state index contributed by atoms with van der Waals surface area (Å²) in [4.78, 5) is 37.3. The summed E-state index contributed by atoms with van der Waals surface area (Å²) in [5.41, 5.74) is -2.97. The van der Waals surface area contributed by atoms with Gasteiger partial charge in [-0.1, -0.05) is 6.92 Å². The van der Waals surface area contributed by atoms with Crippen molar-refractivity contribution in [2.75, 3.05) is 6.61 Å². The molecule has 0 bridgehead atoms. The quantitative estimate of drug-likeness (QED) is 0.142. The Labute approximate surface area is 297 Å². The summed E-state index contributed by atoms with van der Waals surface area (Å²) in [6.07, 6.45) is -3.06. The predicted octanol–water partition coefficient (Wildman–Crippen LogP) is 1.20. The molecule has 0 aromatic rings. The van der Waals surface area contributed by atoms with Crippen molar-refractivity contribution in [2.24, 2.45) is 28.6 Å². The van der Waals surface area contributed by atoms with Crippen molar-refractivity contribution < 1.29 is 68.3 Å². The van der Waals surface area contributed by atoms with E-state index < -0.39 is 89.4 Å². The highest BCUT2D eigenvalue weighted by Crippen LogP contribution is 2.70. The van der Waals surface area contributed by atoms with Crippen LogP contribution in [0.5, 0.6) is 0 Å². The third-order valence-corrected chi connectivity index (χ3v) is 14.2. The van der Waals surface area contributed by atoms with E-state index in [-0.39, 0.29) is 43.2 Å².